The quantitative estimate of drug-likeness (QED) is 0.134. The van der Waals surface area contributed by atoms with Gasteiger partial charge in [-0.05, 0) is 66.9 Å². The van der Waals surface area contributed by atoms with Crippen LogP contribution in [-0.4, -0.2) is 15.9 Å². The zero-order chi connectivity index (χ0) is 25.9. The van der Waals surface area contributed by atoms with E-state index in [1.807, 2.05) is 17.5 Å². The normalized spacial score (nSPS) is 11.5. The summed E-state index contributed by atoms with van der Waals surface area (Å²) in [5.74, 6) is -0.0625. The minimum absolute atomic E-state index is 0. The molecule has 0 spiro atoms. The van der Waals surface area contributed by atoms with E-state index in [2.05, 4.69) is 90.1 Å². The molecule has 36 heavy (non-hydrogen) atoms. The van der Waals surface area contributed by atoms with E-state index < -0.39 is 0 Å². The number of pyridine rings is 1. The molecule has 0 saturated carbocycles. The fourth-order valence-corrected chi connectivity index (χ4v) is 5.19. The predicted molar refractivity (Wildman–Crippen MR) is 149 cm³/mol. The molecule has 0 atom stereocenters. The van der Waals surface area contributed by atoms with Gasteiger partial charge in [0.2, 0.25) is 0 Å². The number of hydrogen-bond donors (Lipinski definition) is 1. The molecular weight excluding hydrogens is 643 g/mol. The van der Waals surface area contributed by atoms with Crippen LogP contribution in [0.2, 0.25) is 0 Å². The number of hydrogen-bond acceptors (Lipinski definition) is 4. The van der Waals surface area contributed by atoms with Crippen LogP contribution in [0, 0.1) is 26.8 Å². The molecule has 3 nitrogen and oxygen atoms in total. The molecule has 2 heterocycles. The minimum Gasteiger partial charge on any atom is -0.512 e. The van der Waals surface area contributed by atoms with Crippen LogP contribution < -0.4 is 0 Å². The average molecular weight is 677 g/mol. The third-order valence-electron chi connectivity index (χ3n) is 5.69. The van der Waals surface area contributed by atoms with Gasteiger partial charge < -0.3 is 10.1 Å². The zero-order valence-electron chi connectivity index (χ0n) is 22.2. The predicted octanol–water partition coefficient (Wildman–Crippen LogP) is 8.69. The Balaban J connectivity index is 0.000000503. The van der Waals surface area contributed by atoms with Crippen molar-refractivity contribution in [2.24, 2.45) is 0 Å². The molecule has 0 aliphatic carbocycles. The second-order valence-corrected chi connectivity index (χ2v) is 11.2. The van der Waals surface area contributed by atoms with Gasteiger partial charge in [0.1, 0.15) is 0 Å². The van der Waals surface area contributed by atoms with Crippen molar-refractivity contribution in [1.82, 2.24) is 4.98 Å². The topological polar surface area (TPSA) is 50.2 Å². The Bertz CT molecular complexity index is 1390. The van der Waals surface area contributed by atoms with E-state index in [0.717, 1.165) is 16.8 Å². The number of benzene rings is 2. The number of aryl methyl sites for hydroxylation is 3. The Hall–Kier alpha value is -2.59. The summed E-state index contributed by atoms with van der Waals surface area (Å²) in [5.41, 5.74) is 8.65. The van der Waals surface area contributed by atoms with Crippen LogP contribution in [0.25, 0.3) is 31.8 Å². The monoisotopic (exact) mass is 677 g/mol. The number of aromatic nitrogens is 1. The van der Waals surface area contributed by atoms with Gasteiger partial charge in [-0.2, -0.15) is 0 Å². The van der Waals surface area contributed by atoms with Gasteiger partial charge in [0.15, 0.2) is 5.78 Å². The maximum atomic E-state index is 10.0. The smallest absolute Gasteiger partial charge is 0.155 e. The number of rotatable bonds is 3. The van der Waals surface area contributed by atoms with Gasteiger partial charge in [-0.1, -0.05) is 52.0 Å². The van der Waals surface area contributed by atoms with Crippen molar-refractivity contribution in [3.63, 3.8) is 0 Å². The van der Waals surface area contributed by atoms with Gasteiger partial charge in [0.25, 0.3) is 0 Å². The summed E-state index contributed by atoms with van der Waals surface area (Å²) in [4.78, 5) is 16.1. The van der Waals surface area contributed by atoms with Gasteiger partial charge in [0, 0.05) is 37.3 Å². The molecule has 0 amide bonds. The maximum absolute atomic E-state index is 10.0. The summed E-state index contributed by atoms with van der Waals surface area (Å²) in [6, 6.07) is 19.0. The van der Waals surface area contributed by atoms with E-state index in [-0.39, 0.29) is 37.1 Å². The molecule has 0 aliphatic rings. The van der Waals surface area contributed by atoms with Crippen LogP contribution in [0.5, 0.6) is 0 Å². The van der Waals surface area contributed by atoms with Crippen LogP contribution in [0.1, 0.15) is 56.9 Å². The molecular formula is C31H34IrNO2S-. The van der Waals surface area contributed by atoms with E-state index in [4.69, 9.17) is 10.1 Å². The summed E-state index contributed by atoms with van der Waals surface area (Å²) in [5, 5.41) is 9.61. The van der Waals surface area contributed by atoms with Crippen LogP contribution in [-0.2, 0) is 30.3 Å². The van der Waals surface area contributed by atoms with Crippen molar-refractivity contribution >= 4 is 27.2 Å². The Labute approximate surface area is 232 Å². The molecule has 0 fully saturated rings. The minimum atomic E-state index is -0.125. The third kappa shape index (κ3) is 7.46. The summed E-state index contributed by atoms with van der Waals surface area (Å²) in [7, 11) is 0. The Morgan fingerprint density at radius 2 is 1.67 bits per heavy atom. The first kappa shape index (κ1) is 29.6. The van der Waals surface area contributed by atoms with Crippen LogP contribution in [0.15, 0.2) is 60.5 Å². The second-order valence-electron chi connectivity index (χ2n) is 10.1. The number of carbonyl (C=O) groups is 1. The van der Waals surface area contributed by atoms with Gasteiger partial charge >= 0.3 is 0 Å². The first-order valence-corrected chi connectivity index (χ1v) is 12.6. The molecule has 5 heteroatoms. The van der Waals surface area contributed by atoms with Gasteiger partial charge in [-0.15, -0.1) is 46.2 Å². The SMILES string of the molecule is CC(=O)/C=C(/C)O.Cc1[c-]c(-c2cc3cc(-c4c(C)cccc4C)sc3cn2)cc(C(C)(C)C)c1.[Ir]. The number of aliphatic hydroxyl groups is 1. The Morgan fingerprint density at radius 1 is 1.03 bits per heavy atom. The standard InChI is InChI=1S/C26H26NS.C5H8O2.Ir/c1-16-10-19(12-21(11-16)26(4,5)6)22-13-20-14-23(28-24(20)15-27-22)25-17(2)8-7-9-18(25)3;1-4(6)3-5(2)7;/h7-9,11-15H,1-6H3;3,6H,1-2H3;/q-1;;/b;4-3-;. The largest absolute Gasteiger partial charge is 0.512 e. The molecule has 2 aromatic carbocycles. The van der Waals surface area contributed by atoms with E-state index in [1.54, 1.807) is 0 Å². The summed E-state index contributed by atoms with van der Waals surface area (Å²) in [6.45, 7) is 16.1. The first-order chi connectivity index (χ1) is 16.3. The number of fused-ring (bicyclic) bond motifs is 1. The third-order valence-corrected chi connectivity index (χ3v) is 6.79. The van der Waals surface area contributed by atoms with E-state index in [1.165, 1.54) is 57.1 Å². The van der Waals surface area contributed by atoms with Gasteiger partial charge in [-0.3, -0.25) is 4.79 Å². The van der Waals surface area contributed by atoms with E-state index >= 15 is 0 Å². The summed E-state index contributed by atoms with van der Waals surface area (Å²) in [6.07, 6.45) is 3.18. The van der Waals surface area contributed by atoms with Gasteiger partial charge in [-0.25, -0.2) is 0 Å². The fraction of sp³-hybridized carbons (Fsp3) is 0.290. The van der Waals surface area contributed by atoms with Crippen molar-refractivity contribution in [3.05, 3.63) is 88.8 Å². The van der Waals surface area contributed by atoms with Crippen LogP contribution in [0.4, 0.5) is 0 Å². The Morgan fingerprint density at radius 3 is 2.19 bits per heavy atom. The van der Waals surface area contributed by atoms with Crippen LogP contribution >= 0.6 is 11.3 Å². The molecule has 1 radical (unpaired) electrons. The first-order valence-electron chi connectivity index (χ1n) is 11.7. The van der Waals surface area contributed by atoms with E-state index in [0.29, 0.717) is 0 Å². The number of carbonyl (C=O) groups excluding carboxylic acids is 1. The molecule has 1 N–H and O–H groups in total. The second kappa shape index (κ2) is 12.1. The molecule has 0 aliphatic heterocycles. The van der Waals surface area contributed by atoms with Gasteiger partial charge in [0.05, 0.1) is 10.5 Å². The van der Waals surface area contributed by atoms with Crippen molar-refractivity contribution in [3.8, 4) is 21.7 Å². The van der Waals surface area contributed by atoms with Crippen molar-refractivity contribution < 1.29 is 30.0 Å². The van der Waals surface area contributed by atoms with Crippen molar-refractivity contribution in [2.75, 3.05) is 0 Å². The summed E-state index contributed by atoms with van der Waals surface area (Å²) < 4.78 is 1.23. The molecule has 4 aromatic rings. The molecule has 0 saturated heterocycles. The van der Waals surface area contributed by atoms with Crippen LogP contribution in [0.3, 0.4) is 0 Å². The van der Waals surface area contributed by atoms with E-state index in [9.17, 15) is 4.79 Å². The number of thiophene rings is 1. The zero-order valence-corrected chi connectivity index (χ0v) is 25.5. The van der Waals surface area contributed by atoms with Crippen molar-refractivity contribution in [1.29, 1.82) is 0 Å². The average Bonchev–Trinajstić information content (AvgIpc) is 3.14. The fourth-order valence-electron chi connectivity index (χ4n) is 4.00. The number of aliphatic hydroxyl groups excluding tert-OH is 1. The van der Waals surface area contributed by atoms with Crippen molar-refractivity contribution in [2.45, 2.75) is 60.8 Å². The summed E-state index contributed by atoms with van der Waals surface area (Å²) >= 11 is 1.82. The molecule has 0 unspecified atom stereocenters. The Kier molecular flexibility index (Phi) is 9.96. The molecule has 0 bridgehead atoms. The number of nitrogens with zero attached hydrogens (tertiary/aromatic N) is 1. The molecule has 191 valence electrons. The molecule has 4 rings (SSSR count). The molecule has 2 aromatic heterocycles. The maximum Gasteiger partial charge on any atom is 0.155 e. The number of ketones is 1. The number of allylic oxidation sites excluding steroid dienone is 2.